The minimum absolute atomic E-state index is 0.0260. The number of rotatable bonds is 5. The Hall–Kier alpha value is -2.28. The van der Waals surface area contributed by atoms with Gasteiger partial charge in [0.1, 0.15) is 0 Å². The second-order valence-corrected chi connectivity index (χ2v) is 6.88. The Morgan fingerprint density at radius 2 is 1.92 bits per heavy atom. The fraction of sp³-hybridized carbons (Fsp3) is 0.556. The van der Waals surface area contributed by atoms with E-state index in [4.69, 9.17) is 15.2 Å². The summed E-state index contributed by atoms with van der Waals surface area (Å²) in [6, 6.07) is 4.93. The third kappa shape index (κ3) is 3.87. The Labute approximate surface area is 147 Å². The smallest absolute Gasteiger partial charge is 0.251 e. The van der Waals surface area contributed by atoms with Crippen LogP contribution in [0.3, 0.4) is 0 Å². The highest BCUT2D eigenvalue weighted by Crippen LogP contribution is 2.46. The lowest BCUT2D eigenvalue weighted by molar-refractivity contribution is -0.123. The van der Waals surface area contributed by atoms with Gasteiger partial charge in [-0.1, -0.05) is 6.42 Å². The van der Waals surface area contributed by atoms with Gasteiger partial charge in [0.05, 0.1) is 12.6 Å². The van der Waals surface area contributed by atoms with E-state index in [-0.39, 0.29) is 12.5 Å². The van der Waals surface area contributed by atoms with E-state index in [1.54, 1.807) is 31.0 Å². The SMILES string of the molecule is CC(C(=O)Nc1ccc2c(c1)OC1(CCCCC1)O2)N(C)CC(N)=O. The maximum atomic E-state index is 12.4. The standard InChI is InChI=1S/C18H25N3O4/c1-12(21(2)11-16(19)22)17(23)20-13-6-7-14-15(10-13)25-18(24-14)8-4-3-5-9-18/h6-7,10,12H,3-5,8-9,11H2,1-2H3,(H2,19,22)(H,20,23). The molecule has 7 heteroatoms. The lowest BCUT2D eigenvalue weighted by Crippen LogP contribution is -2.43. The van der Waals surface area contributed by atoms with Crippen molar-refractivity contribution in [2.24, 2.45) is 5.73 Å². The molecule has 1 unspecified atom stereocenters. The second-order valence-electron chi connectivity index (χ2n) is 6.88. The van der Waals surface area contributed by atoms with Gasteiger partial charge in [-0.15, -0.1) is 0 Å². The summed E-state index contributed by atoms with van der Waals surface area (Å²) in [4.78, 5) is 24.9. The number of fused-ring (bicyclic) bond motifs is 1. The molecular weight excluding hydrogens is 322 g/mol. The van der Waals surface area contributed by atoms with E-state index >= 15 is 0 Å². The number of amides is 2. The number of likely N-dealkylation sites (N-methyl/N-ethyl adjacent to an activating group) is 1. The van der Waals surface area contributed by atoms with Gasteiger partial charge in [0.2, 0.25) is 11.8 Å². The van der Waals surface area contributed by atoms with Gasteiger partial charge in [-0.05, 0) is 38.9 Å². The number of hydrogen-bond donors (Lipinski definition) is 2. The Kier molecular flexibility index (Phi) is 4.85. The van der Waals surface area contributed by atoms with Crippen LogP contribution in [0.1, 0.15) is 39.0 Å². The average molecular weight is 347 g/mol. The highest BCUT2D eigenvalue weighted by atomic mass is 16.7. The second kappa shape index (κ2) is 6.92. The van der Waals surface area contributed by atoms with Crippen molar-refractivity contribution in [3.63, 3.8) is 0 Å². The first-order valence-corrected chi connectivity index (χ1v) is 8.70. The number of ether oxygens (including phenoxy) is 2. The lowest BCUT2D eigenvalue weighted by Gasteiger charge is -2.31. The molecule has 1 spiro atoms. The number of nitrogens with one attached hydrogen (secondary N) is 1. The minimum Gasteiger partial charge on any atom is -0.448 e. The van der Waals surface area contributed by atoms with Gasteiger partial charge in [-0.2, -0.15) is 0 Å². The number of anilines is 1. The third-order valence-corrected chi connectivity index (χ3v) is 4.86. The quantitative estimate of drug-likeness (QED) is 0.848. The molecule has 2 aliphatic rings. The Morgan fingerprint density at radius 3 is 2.60 bits per heavy atom. The zero-order chi connectivity index (χ0) is 18.0. The van der Waals surface area contributed by atoms with Crippen molar-refractivity contribution in [2.75, 3.05) is 18.9 Å². The van der Waals surface area contributed by atoms with Gasteiger partial charge in [-0.25, -0.2) is 0 Å². The van der Waals surface area contributed by atoms with E-state index in [1.807, 2.05) is 6.07 Å². The molecule has 1 aromatic rings. The first kappa shape index (κ1) is 17.5. The van der Waals surface area contributed by atoms with E-state index in [9.17, 15) is 9.59 Å². The average Bonchev–Trinajstić information content (AvgIpc) is 2.90. The van der Waals surface area contributed by atoms with Crippen molar-refractivity contribution >= 4 is 17.5 Å². The molecule has 25 heavy (non-hydrogen) atoms. The van der Waals surface area contributed by atoms with Crippen LogP contribution in [-0.2, 0) is 9.59 Å². The number of nitrogens with two attached hydrogens (primary N) is 1. The fourth-order valence-corrected chi connectivity index (χ4v) is 3.30. The summed E-state index contributed by atoms with van der Waals surface area (Å²) < 4.78 is 12.1. The van der Waals surface area contributed by atoms with Crippen LogP contribution in [0.15, 0.2) is 18.2 Å². The summed E-state index contributed by atoms with van der Waals surface area (Å²) in [6.07, 6.45) is 5.18. The fourth-order valence-electron chi connectivity index (χ4n) is 3.30. The maximum Gasteiger partial charge on any atom is 0.251 e. The van der Waals surface area contributed by atoms with Crippen LogP contribution in [0.4, 0.5) is 5.69 Å². The highest BCUT2D eigenvalue weighted by Gasteiger charge is 2.42. The molecule has 1 aromatic carbocycles. The van der Waals surface area contributed by atoms with Crippen LogP contribution in [0.25, 0.3) is 0 Å². The van der Waals surface area contributed by atoms with E-state index in [0.717, 1.165) is 31.4 Å². The molecule has 0 bridgehead atoms. The molecule has 3 rings (SSSR count). The molecule has 1 atom stereocenters. The molecule has 1 fully saturated rings. The normalized spacial score (nSPS) is 19.0. The molecule has 1 aliphatic heterocycles. The van der Waals surface area contributed by atoms with Crippen molar-refractivity contribution in [3.8, 4) is 11.5 Å². The first-order valence-electron chi connectivity index (χ1n) is 8.70. The number of nitrogens with zero attached hydrogens (tertiary/aromatic N) is 1. The van der Waals surface area contributed by atoms with E-state index in [1.165, 1.54) is 6.42 Å². The van der Waals surface area contributed by atoms with Crippen LogP contribution in [0.5, 0.6) is 11.5 Å². The van der Waals surface area contributed by atoms with Crippen molar-refractivity contribution < 1.29 is 19.1 Å². The van der Waals surface area contributed by atoms with Crippen molar-refractivity contribution in [1.29, 1.82) is 0 Å². The van der Waals surface area contributed by atoms with Gasteiger partial charge in [-0.3, -0.25) is 14.5 Å². The third-order valence-electron chi connectivity index (χ3n) is 4.86. The molecule has 3 N–H and O–H groups in total. The molecule has 136 valence electrons. The van der Waals surface area contributed by atoms with Crippen LogP contribution in [0, 0.1) is 0 Å². The zero-order valence-electron chi connectivity index (χ0n) is 14.7. The summed E-state index contributed by atoms with van der Waals surface area (Å²) in [5, 5.41) is 2.85. The van der Waals surface area contributed by atoms with Crippen molar-refractivity contribution in [3.05, 3.63) is 18.2 Å². The minimum atomic E-state index is -0.530. The van der Waals surface area contributed by atoms with E-state index < -0.39 is 17.7 Å². The molecule has 0 aromatic heterocycles. The van der Waals surface area contributed by atoms with Gasteiger partial charge in [0, 0.05) is 24.6 Å². The summed E-state index contributed by atoms with van der Waals surface area (Å²) in [7, 11) is 1.68. The first-order chi connectivity index (χ1) is 11.9. The lowest BCUT2D eigenvalue weighted by atomic mass is 9.94. The largest absolute Gasteiger partial charge is 0.448 e. The molecule has 0 saturated heterocycles. The van der Waals surface area contributed by atoms with Gasteiger partial charge in [0.15, 0.2) is 11.5 Å². The van der Waals surface area contributed by atoms with Crippen LogP contribution >= 0.6 is 0 Å². The Balaban J connectivity index is 1.65. The van der Waals surface area contributed by atoms with Crippen molar-refractivity contribution in [2.45, 2.75) is 50.9 Å². The van der Waals surface area contributed by atoms with Gasteiger partial charge >= 0.3 is 0 Å². The van der Waals surface area contributed by atoms with Crippen molar-refractivity contribution in [1.82, 2.24) is 4.90 Å². The molecular formula is C18H25N3O4. The van der Waals surface area contributed by atoms with E-state index in [2.05, 4.69) is 5.32 Å². The predicted molar refractivity (Wildman–Crippen MR) is 93.4 cm³/mol. The molecule has 1 saturated carbocycles. The van der Waals surface area contributed by atoms with E-state index in [0.29, 0.717) is 11.4 Å². The monoisotopic (exact) mass is 347 g/mol. The highest BCUT2D eigenvalue weighted by molar-refractivity contribution is 5.95. The number of carbonyl (C=O) groups is 2. The predicted octanol–water partition coefficient (Wildman–Crippen LogP) is 1.86. The molecule has 2 amide bonds. The topological polar surface area (TPSA) is 93.9 Å². The van der Waals surface area contributed by atoms with Crippen LogP contribution < -0.4 is 20.5 Å². The van der Waals surface area contributed by atoms with Gasteiger partial charge in [0.25, 0.3) is 5.79 Å². The molecule has 1 aliphatic carbocycles. The van der Waals surface area contributed by atoms with Crippen LogP contribution in [-0.4, -0.2) is 42.1 Å². The maximum absolute atomic E-state index is 12.4. The zero-order valence-corrected chi connectivity index (χ0v) is 14.7. The summed E-state index contributed by atoms with van der Waals surface area (Å²) in [5.41, 5.74) is 5.81. The number of primary amides is 1. The summed E-state index contributed by atoms with van der Waals surface area (Å²) in [6.45, 7) is 1.75. The number of hydrogen-bond acceptors (Lipinski definition) is 5. The number of carbonyl (C=O) groups excluding carboxylic acids is 2. The van der Waals surface area contributed by atoms with Crippen LogP contribution in [0.2, 0.25) is 0 Å². The molecule has 7 nitrogen and oxygen atoms in total. The molecule has 0 radical (unpaired) electrons. The Bertz CT molecular complexity index is 670. The molecule has 1 heterocycles. The van der Waals surface area contributed by atoms with Gasteiger partial charge < -0.3 is 20.5 Å². The number of benzene rings is 1. The summed E-state index contributed by atoms with van der Waals surface area (Å²) >= 11 is 0. The Morgan fingerprint density at radius 1 is 1.24 bits per heavy atom. The summed E-state index contributed by atoms with van der Waals surface area (Å²) in [5.74, 6) is 0.174.